The predicted octanol–water partition coefficient (Wildman–Crippen LogP) is 5.64. The molecule has 4 rings (SSSR count). The Morgan fingerprint density at radius 1 is 0.811 bits per heavy atom. The van der Waals surface area contributed by atoms with Crippen molar-refractivity contribution < 1.29 is 19.1 Å². The fourth-order valence-electron chi connectivity index (χ4n) is 4.87. The number of carbonyl (C=O) groups excluding carboxylic acids is 3. The number of fused-ring (bicyclic) bond motifs is 1. The van der Waals surface area contributed by atoms with Crippen LogP contribution in [0.1, 0.15) is 72.5 Å². The number of esters is 1. The summed E-state index contributed by atoms with van der Waals surface area (Å²) in [5.41, 5.74) is 1.94. The molecule has 0 saturated heterocycles. The third kappa shape index (κ3) is 5.65. The summed E-state index contributed by atoms with van der Waals surface area (Å²) in [4.78, 5) is 44.0. The van der Waals surface area contributed by atoms with Gasteiger partial charge in [-0.1, -0.05) is 72.8 Å². The Hall–Kier alpha value is -3.77. The molecule has 2 amide bonds. The van der Waals surface area contributed by atoms with Gasteiger partial charge in [0.25, 0.3) is 11.8 Å². The molecular weight excluding hydrogens is 464 g/mol. The van der Waals surface area contributed by atoms with Crippen LogP contribution < -0.4 is 0 Å². The highest BCUT2D eigenvalue weighted by Gasteiger charge is 2.48. The minimum atomic E-state index is -1.14. The van der Waals surface area contributed by atoms with Crippen molar-refractivity contribution in [2.24, 2.45) is 0 Å². The van der Waals surface area contributed by atoms with Crippen LogP contribution in [0.2, 0.25) is 0 Å². The van der Waals surface area contributed by atoms with Crippen LogP contribution in [-0.4, -0.2) is 45.3 Å². The second kappa shape index (κ2) is 10.7. The van der Waals surface area contributed by atoms with Crippen molar-refractivity contribution in [3.05, 3.63) is 107 Å². The van der Waals surface area contributed by atoms with E-state index in [2.05, 4.69) is 11.8 Å². The lowest BCUT2D eigenvalue weighted by atomic mass is 9.99. The number of hydrogen-bond donors (Lipinski definition) is 0. The number of benzene rings is 3. The van der Waals surface area contributed by atoms with Gasteiger partial charge in [0.1, 0.15) is 5.60 Å². The van der Waals surface area contributed by atoms with E-state index in [0.717, 1.165) is 16.0 Å². The molecule has 0 unspecified atom stereocenters. The summed E-state index contributed by atoms with van der Waals surface area (Å²) >= 11 is 0. The normalized spacial score (nSPS) is 15.9. The number of nitrogens with zero attached hydrogens (tertiary/aromatic N) is 2. The second-order valence-electron chi connectivity index (χ2n) is 10.5. The van der Waals surface area contributed by atoms with Crippen molar-refractivity contribution in [2.45, 2.75) is 64.9 Å². The molecule has 6 nitrogen and oxygen atoms in total. The monoisotopic (exact) mass is 498 g/mol. The average Bonchev–Trinajstić information content (AvgIpc) is 3.12. The molecule has 3 aromatic rings. The average molecular weight is 499 g/mol. The molecule has 1 aliphatic heterocycles. The van der Waals surface area contributed by atoms with Gasteiger partial charge < -0.3 is 4.74 Å². The van der Waals surface area contributed by atoms with Crippen molar-refractivity contribution in [3.8, 4) is 0 Å². The maximum atomic E-state index is 13.8. The maximum absolute atomic E-state index is 13.8. The number of ether oxygens (including phenoxy) is 1. The van der Waals surface area contributed by atoms with E-state index in [-0.39, 0.29) is 6.04 Å². The highest BCUT2D eigenvalue weighted by molar-refractivity contribution is 6.22. The number of amides is 2. The van der Waals surface area contributed by atoms with E-state index in [9.17, 15) is 14.4 Å². The van der Waals surface area contributed by atoms with Crippen molar-refractivity contribution >= 4 is 17.8 Å². The summed E-state index contributed by atoms with van der Waals surface area (Å²) in [6.07, 6.45) is 0. The van der Waals surface area contributed by atoms with Gasteiger partial charge >= 0.3 is 5.97 Å². The van der Waals surface area contributed by atoms with Crippen LogP contribution in [0.5, 0.6) is 0 Å². The molecule has 37 heavy (non-hydrogen) atoms. The van der Waals surface area contributed by atoms with E-state index in [1.165, 1.54) is 0 Å². The SMILES string of the molecule is C[C@H](c1ccccc1)N(Cc1ccccc1)[C@H](C)[C@H](C(=O)OC(C)(C)C)N1C(=O)c2ccccc2C1=O. The van der Waals surface area contributed by atoms with Gasteiger partial charge in [-0.2, -0.15) is 0 Å². The molecule has 0 aromatic heterocycles. The summed E-state index contributed by atoms with van der Waals surface area (Å²) in [6, 6.07) is 24.9. The molecule has 0 saturated carbocycles. The van der Waals surface area contributed by atoms with Gasteiger partial charge in [-0.25, -0.2) is 4.79 Å². The fraction of sp³-hybridized carbons (Fsp3) is 0.323. The zero-order valence-corrected chi connectivity index (χ0v) is 22.0. The van der Waals surface area contributed by atoms with E-state index in [1.54, 1.807) is 45.0 Å². The Kier molecular flexibility index (Phi) is 7.60. The van der Waals surface area contributed by atoms with Crippen LogP contribution >= 0.6 is 0 Å². The molecule has 0 aliphatic carbocycles. The molecule has 192 valence electrons. The molecule has 1 aliphatic rings. The van der Waals surface area contributed by atoms with Crippen molar-refractivity contribution in [1.82, 2.24) is 9.80 Å². The summed E-state index contributed by atoms with van der Waals surface area (Å²) in [7, 11) is 0. The highest BCUT2D eigenvalue weighted by Crippen LogP contribution is 2.32. The third-order valence-electron chi connectivity index (χ3n) is 6.72. The Morgan fingerprint density at radius 3 is 1.81 bits per heavy atom. The van der Waals surface area contributed by atoms with Crippen LogP contribution in [0.3, 0.4) is 0 Å². The first-order valence-electron chi connectivity index (χ1n) is 12.6. The molecule has 0 N–H and O–H groups in total. The number of rotatable bonds is 8. The van der Waals surface area contributed by atoms with Crippen molar-refractivity contribution in [1.29, 1.82) is 0 Å². The van der Waals surface area contributed by atoms with Gasteiger partial charge in [0.05, 0.1) is 11.1 Å². The lowest BCUT2D eigenvalue weighted by Crippen LogP contribution is -2.57. The molecule has 1 heterocycles. The van der Waals surface area contributed by atoms with Crippen LogP contribution in [0.15, 0.2) is 84.9 Å². The molecule has 0 radical (unpaired) electrons. The van der Waals surface area contributed by atoms with E-state index >= 15 is 0 Å². The molecule has 6 heteroatoms. The number of imide groups is 1. The first kappa shape index (κ1) is 26.3. The number of hydrogen-bond acceptors (Lipinski definition) is 5. The van der Waals surface area contributed by atoms with E-state index in [4.69, 9.17) is 4.74 Å². The quantitative estimate of drug-likeness (QED) is 0.297. The zero-order valence-electron chi connectivity index (χ0n) is 22.0. The number of carbonyl (C=O) groups is 3. The molecule has 0 fully saturated rings. The minimum Gasteiger partial charge on any atom is -0.458 e. The summed E-state index contributed by atoms with van der Waals surface area (Å²) in [5, 5.41) is 0. The second-order valence-corrected chi connectivity index (χ2v) is 10.5. The lowest BCUT2D eigenvalue weighted by Gasteiger charge is -2.41. The van der Waals surface area contributed by atoms with Gasteiger partial charge in [0.15, 0.2) is 6.04 Å². The third-order valence-corrected chi connectivity index (χ3v) is 6.72. The molecular formula is C31H34N2O4. The predicted molar refractivity (Wildman–Crippen MR) is 143 cm³/mol. The van der Waals surface area contributed by atoms with Crippen LogP contribution in [0.25, 0.3) is 0 Å². The van der Waals surface area contributed by atoms with Gasteiger partial charge in [-0.15, -0.1) is 0 Å². The van der Waals surface area contributed by atoms with Gasteiger partial charge in [0.2, 0.25) is 0 Å². The summed E-state index contributed by atoms with van der Waals surface area (Å²) in [6.45, 7) is 9.82. The van der Waals surface area contributed by atoms with Crippen LogP contribution in [0, 0.1) is 0 Å². The van der Waals surface area contributed by atoms with Gasteiger partial charge in [-0.3, -0.25) is 19.4 Å². The minimum absolute atomic E-state index is 0.114. The Morgan fingerprint density at radius 2 is 1.30 bits per heavy atom. The van der Waals surface area contributed by atoms with Crippen molar-refractivity contribution in [2.75, 3.05) is 0 Å². The fourth-order valence-corrected chi connectivity index (χ4v) is 4.87. The molecule has 0 spiro atoms. The smallest absolute Gasteiger partial charge is 0.331 e. The Bertz CT molecular complexity index is 1230. The van der Waals surface area contributed by atoms with Crippen molar-refractivity contribution in [3.63, 3.8) is 0 Å². The maximum Gasteiger partial charge on any atom is 0.331 e. The topological polar surface area (TPSA) is 66.9 Å². The zero-order chi connectivity index (χ0) is 26.7. The molecule has 3 atom stereocenters. The standard InChI is InChI=1S/C31H34N2O4/c1-21(24-16-10-7-11-17-24)32(20-23-14-8-6-9-15-23)22(2)27(30(36)37-31(3,4)5)33-28(34)25-18-12-13-19-26(25)29(33)35/h6-19,21-22,27H,20H2,1-5H3/t21-,22-,27-/m1/s1. The van der Waals surface area contributed by atoms with Gasteiger partial charge in [0, 0.05) is 18.6 Å². The Balaban J connectivity index is 1.78. The highest BCUT2D eigenvalue weighted by atomic mass is 16.6. The van der Waals surface area contributed by atoms with E-state index < -0.39 is 35.5 Å². The lowest BCUT2D eigenvalue weighted by molar-refractivity contribution is -0.162. The largest absolute Gasteiger partial charge is 0.458 e. The first-order chi connectivity index (χ1) is 17.6. The summed E-state index contributed by atoms with van der Waals surface area (Å²) in [5.74, 6) is -1.56. The molecule has 3 aromatic carbocycles. The van der Waals surface area contributed by atoms with E-state index in [1.807, 2.05) is 67.6 Å². The van der Waals surface area contributed by atoms with Crippen LogP contribution in [0.4, 0.5) is 0 Å². The Labute approximate surface area is 218 Å². The first-order valence-corrected chi connectivity index (χ1v) is 12.6. The van der Waals surface area contributed by atoms with Crippen LogP contribution in [-0.2, 0) is 16.1 Å². The van der Waals surface area contributed by atoms with E-state index in [0.29, 0.717) is 17.7 Å². The van der Waals surface area contributed by atoms with Gasteiger partial charge in [-0.05, 0) is 57.9 Å². The molecule has 0 bridgehead atoms. The summed E-state index contributed by atoms with van der Waals surface area (Å²) < 4.78 is 5.80.